The standard InChI is InChI=1S/C16H22N2O12/c1-11(19)29-14-7-3-2-6-13(14)16(21)27-10-26-15(20)8-4-5-12(30-18(24)25)9-28-17(22)23/h2-3,6-7,12,22-25H,4-5,8-10H2,1H3. The summed E-state index contributed by atoms with van der Waals surface area (Å²) in [6, 6.07) is 5.86. The lowest BCUT2D eigenvalue weighted by Crippen LogP contribution is -2.31. The fourth-order valence-electron chi connectivity index (χ4n) is 2.10. The van der Waals surface area contributed by atoms with E-state index in [1.807, 2.05) is 0 Å². The lowest BCUT2D eigenvalue weighted by Gasteiger charge is -2.18. The summed E-state index contributed by atoms with van der Waals surface area (Å²) in [7, 11) is 0. The quantitative estimate of drug-likeness (QED) is 0.148. The maximum atomic E-state index is 12.0. The summed E-state index contributed by atoms with van der Waals surface area (Å²) in [4.78, 5) is 43.6. The van der Waals surface area contributed by atoms with Gasteiger partial charge in [0.05, 0.1) is 10.8 Å². The number of hydrogen-bond acceptors (Lipinski definition) is 14. The van der Waals surface area contributed by atoms with Crippen molar-refractivity contribution in [3.8, 4) is 5.75 Å². The Morgan fingerprint density at radius 3 is 2.37 bits per heavy atom. The molecule has 1 aromatic rings. The van der Waals surface area contributed by atoms with Gasteiger partial charge in [0.1, 0.15) is 24.0 Å². The van der Waals surface area contributed by atoms with E-state index in [2.05, 4.69) is 9.68 Å². The Morgan fingerprint density at radius 1 is 1.03 bits per heavy atom. The summed E-state index contributed by atoms with van der Waals surface area (Å²) in [5, 5.41) is 33.0. The Hall–Kier alpha value is -2.69. The molecule has 1 atom stereocenters. The zero-order valence-electron chi connectivity index (χ0n) is 15.9. The minimum Gasteiger partial charge on any atom is -0.428 e. The summed E-state index contributed by atoms with van der Waals surface area (Å²) in [6.07, 6.45) is -1.03. The molecule has 1 rings (SSSR count). The van der Waals surface area contributed by atoms with Crippen LogP contribution in [0.15, 0.2) is 24.3 Å². The Morgan fingerprint density at radius 2 is 1.73 bits per heavy atom. The van der Waals surface area contributed by atoms with Crippen molar-refractivity contribution in [2.75, 3.05) is 13.4 Å². The SMILES string of the molecule is CC(=O)Oc1ccccc1C(=O)OCOC(=O)CCCC(CON(O)O)ON(O)O. The third-order valence-corrected chi connectivity index (χ3v) is 3.30. The van der Waals surface area contributed by atoms with Crippen molar-refractivity contribution in [1.29, 1.82) is 0 Å². The molecule has 0 saturated heterocycles. The van der Waals surface area contributed by atoms with Gasteiger partial charge in [-0.1, -0.05) is 12.1 Å². The average molecular weight is 434 g/mol. The molecule has 14 nitrogen and oxygen atoms in total. The normalized spacial score (nSPS) is 12.0. The minimum atomic E-state index is -1.04. The Labute approximate surface area is 170 Å². The molecule has 30 heavy (non-hydrogen) atoms. The monoisotopic (exact) mass is 434 g/mol. The summed E-state index contributed by atoms with van der Waals surface area (Å²) in [5.74, 6) is -2.22. The van der Waals surface area contributed by atoms with Crippen LogP contribution in [0, 0.1) is 0 Å². The van der Waals surface area contributed by atoms with Crippen LogP contribution in [0.2, 0.25) is 0 Å². The highest BCUT2D eigenvalue weighted by atomic mass is 17.1. The van der Waals surface area contributed by atoms with E-state index < -0.39 is 48.2 Å². The number of benzene rings is 1. The van der Waals surface area contributed by atoms with E-state index in [1.165, 1.54) is 25.1 Å². The molecule has 14 heteroatoms. The topological polar surface area (TPSA) is 185 Å². The lowest BCUT2D eigenvalue weighted by molar-refractivity contribution is -0.527. The molecular formula is C16H22N2O12. The van der Waals surface area contributed by atoms with Crippen LogP contribution >= 0.6 is 0 Å². The van der Waals surface area contributed by atoms with E-state index in [9.17, 15) is 14.4 Å². The van der Waals surface area contributed by atoms with Gasteiger partial charge in [-0.25, -0.2) is 14.5 Å². The van der Waals surface area contributed by atoms with Crippen molar-refractivity contribution in [2.24, 2.45) is 0 Å². The van der Waals surface area contributed by atoms with Crippen molar-refractivity contribution in [2.45, 2.75) is 32.3 Å². The van der Waals surface area contributed by atoms with Gasteiger partial charge in [0.25, 0.3) is 0 Å². The van der Waals surface area contributed by atoms with E-state index in [-0.39, 0.29) is 30.6 Å². The second-order valence-corrected chi connectivity index (χ2v) is 5.58. The summed E-state index contributed by atoms with van der Waals surface area (Å²) in [6.45, 7) is 0.0209. The van der Waals surface area contributed by atoms with Crippen molar-refractivity contribution in [1.82, 2.24) is 10.8 Å². The number of rotatable bonds is 13. The minimum absolute atomic E-state index is 0.000668. The van der Waals surface area contributed by atoms with Gasteiger partial charge in [0.2, 0.25) is 6.79 Å². The number of hydrogen-bond donors (Lipinski definition) is 4. The molecule has 0 heterocycles. The van der Waals surface area contributed by atoms with Crippen LogP contribution < -0.4 is 4.74 Å². The molecule has 0 radical (unpaired) electrons. The smallest absolute Gasteiger partial charge is 0.344 e. The zero-order valence-corrected chi connectivity index (χ0v) is 15.9. The van der Waals surface area contributed by atoms with Crippen molar-refractivity contribution >= 4 is 17.9 Å². The number of esters is 3. The fraction of sp³-hybridized carbons (Fsp3) is 0.438. The summed E-state index contributed by atoms with van der Waals surface area (Å²) < 4.78 is 14.5. The molecule has 0 aliphatic rings. The molecule has 1 aromatic carbocycles. The van der Waals surface area contributed by atoms with Gasteiger partial charge in [0, 0.05) is 13.3 Å². The molecule has 0 aliphatic carbocycles. The van der Waals surface area contributed by atoms with Crippen LogP contribution in [0.4, 0.5) is 0 Å². The van der Waals surface area contributed by atoms with Crippen LogP contribution in [0.1, 0.15) is 36.5 Å². The van der Waals surface area contributed by atoms with E-state index in [0.717, 1.165) is 0 Å². The molecule has 1 unspecified atom stereocenters. The van der Waals surface area contributed by atoms with Crippen LogP contribution in [0.5, 0.6) is 5.75 Å². The molecule has 4 N–H and O–H groups in total. The van der Waals surface area contributed by atoms with E-state index in [4.69, 9.17) is 35.0 Å². The van der Waals surface area contributed by atoms with Crippen molar-refractivity contribution in [3.63, 3.8) is 0 Å². The second-order valence-electron chi connectivity index (χ2n) is 5.58. The van der Waals surface area contributed by atoms with Gasteiger partial charge >= 0.3 is 17.9 Å². The molecule has 168 valence electrons. The average Bonchev–Trinajstić information content (AvgIpc) is 2.65. The van der Waals surface area contributed by atoms with Gasteiger partial charge in [-0.3, -0.25) is 30.4 Å². The first-order valence-electron chi connectivity index (χ1n) is 8.44. The third-order valence-electron chi connectivity index (χ3n) is 3.30. The second kappa shape index (κ2) is 13.5. The molecule has 0 fully saturated rings. The fourth-order valence-corrected chi connectivity index (χ4v) is 2.10. The highest BCUT2D eigenvalue weighted by Crippen LogP contribution is 2.19. The molecule has 0 aliphatic heterocycles. The van der Waals surface area contributed by atoms with Gasteiger partial charge in [-0.15, -0.1) is 0 Å². The first kappa shape index (κ1) is 25.3. The number of nitrogens with zero attached hydrogens (tertiary/aromatic N) is 2. The molecule has 0 saturated carbocycles. The van der Waals surface area contributed by atoms with Crippen LogP contribution in [0.25, 0.3) is 0 Å². The maximum Gasteiger partial charge on any atom is 0.344 e. The number of ether oxygens (including phenoxy) is 3. The predicted molar refractivity (Wildman–Crippen MR) is 89.6 cm³/mol. The summed E-state index contributed by atoms with van der Waals surface area (Å²) in [5.41, 5.74) is -0.0249. The molecular weight excluding hydrogens is 412 g/mol. The Bertz CT molecular complexity index is 697. The molecule has 0 spiro atoms. The van der Waals surface area contributed by atoms with Gasteiger partial charge < -0.3 is 14.2 Å². The van der Waals surface area contributed by atoms with Gasteiger partial charge in [0.15, 0.2) is 0 Å². The largest absolute Gasteiger partial charge is 0.428 e. The molecule has 0 amide bonds. The summed E-state index contributed by atoms with van der Waals surface area (Å²) >= 11 is 0. The third kappa shape index (κ3) is 10.7. The van der Waals surface area contributed by atoms with Gasteiger partial charge in [-0.2, -0.15) is 0 Å². The first-order valence-corrected chi connectivity index (χ1v) is 8.44. The number of para-hydroxylation sites is 1. The zero-order chi connectivity index (χ0) is 22.5. The van der Waals surface area contributed by atoms with Gasteiger partial charge in [-0.05, 0) is 25.0 Å². The van der Waals surface area contributed by atoms with Crippen LogP contribution in [-0.4, -0.2) is 69.0 Å². The number of carbonyl (C=O) groups excluding carboxylic acids is 3. The van der Waals surface area contributed by atoms with E-state index in [0.29, 0.717) is 0 Å². The highest BCUT2D eigenvalue weighted by molar-refractivity contribution is 5.93. The maximum absolute atomic E-state index is 12.0. The van der Waals surface area contributed by atoms with E-state index >= 15 is 0 Å². The van der Waals surface area contributed by atoms with Crippen molar-refractivity contribution in [3.05, 3.63) is 29.8 Å². The lowest BCUT2D eigenvalue weighted by atomic mass is 10.1. The number of carbonyl (C=O) groups is 3. The van der Waals surface area contributed by atoms with E-state index in [1.54, 1.807) is 6.07 Å². The van der Waals surface area contributed by atoms with Crippen LogP contribution in [0.3, 0.4) is 0 Å². The molecule has 0 aromatic heterocycles. The Kier molecular flexibility index (Phi) is 11.4. The first-order chi connectivity index (χ1) is 14.2. The van der Waals surface area contributed by atoms with Crippen LogP contribution in [-0.2, 0) is 28.7 Å². The highest BCUT2D eigenvalue weighted by Gasteiger charge is 2.18. The Balaban J connectivity index is 2.37. The predicted octanol–water partition coefficient (Wildman–Crippen LogP) is 0.832. The van der Waals surface area contributed by atoms with Crippen molar-refractivity contribution < 1.29 is 59.1 Å². The molecule has 0 bridgehead atoms.